The second-order valence-corrected chi connectivity index (χ2v) is 11.9. The molecule has 190 valence electrons. The van der Waals surface area contributed by atoms with Crippen LogP contribution in [0.5, 0.6) is 11.5 Å². The van der Waals surface area contributed by atoms with Gasteiger partial charge < -0.3 is 20.2 Å². The lowest BCUT2D eigenvalue weighted by Gasteiger charge is -2.12. The molecule has 0 radical (unpaired) electrons. The number of nitrogens with one attached hydrogen (secondary N) is 1. The van der Waals surface area contributed by atoms with Crippen LogP contribution in [0.2, 0.25) is 10.0 Å². The Morgan fingerprint density at radius 2 is 2.00 bits per heavy atom. The van der Waals surface area contributed by atoms with Gasteiger partial charge >= 0.3 is 0 Å². The molecule has 4 rings (SSSR count). The highest BCUT2D eigenvalue weighted by Crippen LogP contribution is 2.37. The van der Waals surface area contributed by atoms with Gasteiger partial charge in [-0.05, 0) is 25.1 Å². The Kier molecular flexibility index (Phi) is 7.69. The Morgan fingerprint density at radius 3 is 2.72 bits per heavy atom. The van der Waals surface area contributed by atoms with E-state index in [1.54, 1.807) is 6.92 Å². The summed E-state index contributed by atoms with van der Waals surface area (Å²) in [5.41, 5.74) is 6.99. The van der Waals surface area contributed by atoms with Gasteiger partial charge in [0, 0.05) is 35.1 Å². The van der Waals surface area contributed by atoms with Gasteiger partial charge in [-0.2, -0.15) is 0 Å². The molecule has 0 spiro atoms. The first-order valence-corrected chi connectivity index (χ1v) is 14.0. The highest BCUT2D eigenvalue weighted by molar-refractivity contribution is 7.90. The summed E-state index contributed by atoms with van der Waals surface area (Å²) in [4.78, 5) is 4.98. The van der Waals surface area contributed by atoms with E-state index in [-0.39, 0.29) is 52.6 Å². The van der Waals surface area contributed by atoms with E-state index in [1.807, 2.05) is 0 Å². The van der Waals surface area contributed by atoms with Gasteiger partial charge in [-0.15, -0.1) is 10.2 Å². The van der Waals surface area contributed by atoms with E-state index in [0.29, 0.717) is 26.4 Å². The average Bonchev–Trinajstić information content (AvgIpc) is 3.37. The molecule has 4 aromatic rings. The van der Waals surface area contributed by atoms with Gasteiger partial charge in [-0.25, -0.2) is 17.8 Å². The van der Waals surface area contributed by atoms with E-state index in [2.05, 4.69) is 20.5 Å². The fraction of sp³-hybridized carbons (Fsp3) is 0.227. The fourth-order valence-electron chi connectivity index (χ4n) is 3.16. The number of nitrogens with two attached hydrogens (primary N) is 1. The predicted octanol–water partition coefficient (Wildman–Crippen LogP) is 5.37. The summed E-state index contributed by atoms with van der Waals surface area (Å²) in [6.45, 7) is 1.99. The number of sulfone groups is 1. The molecule has 14 heteroatoms. The molecule has 3 N–H and O–H groups in total. The second-order valence-electron chi connectivity index (χ2n) is 7.84. The number of aryl methyl sites for hydroxylation is 1. The molecule has 0 amide bonds. The minimum Gasteiger partial charge on any atom is -0.453 e. The third-order valence-corrected chi connectivity index (χ3v) is 7.36. The van der Waals surface area contributed by atoms with E-state index in [0.717, 1.165) is 0 Å². The maximum atomic E-state index is 15.3. The van der Waals surface area contributed by atoms with Crippen molar-refractivity contribution in [2.45, 2.75) is 13.3 Å². The number of nitrogen functional groups attached to an aromatic ring is 1. The van der Waals surface area contributed by atoms with Gasteiger partial charge in [0.05, 0.1) is 22.9 Å². The van der Waals surface area contributed by atoms with Gasteiger partial charge in [-0.1, -0.05) is 40.6 Å². The number of aromatic nitrogens is 3. The number of benzene rings is 2. The lowest BCUT2D eigenvalue weighted by Crippen LogP contribution is -2.13. The lowest BCUT2D eigenvalue weighted by molar-refractivity contribution is 0.437. The van der Waals surface area contributed by atoms with Crippen LogP contribution in [0.1, 0.15) is 17.1 Å². The summed E-state index contributed by atoms with van der Waals surface area (Å²) in [7, 11) is -3.09. The molecule has 0 saturated heterocycles. The van der Waals surface area contributed by atoms with Crippen LogP contribution in [0.4, 0.5) is 15.2 Å². The summed E-state index contributed by atoms with van der Waals surface area (Å²) in [6.07, 6.45) is 1.15. The predicted molar refractivity (Wildman–Crippen MR) is 138 cm³/mol. The van der Waals surface area contributed by atoms with Crippen molar-refractivity contribution in [3.63, 3.8) is 0 Å². The number of hydrogen-bond donors (Lipinski definition) is 2. The third kappa shape index (κ3) is 6.44. The minimum atomic E-state index is -3.09. The average molecular weight is 572 g/mol. The molecule has 0 aliphatic heterocycles. The summed E-state index contributed by atoms with van der Waals surface area (Å²) in [6, 6.07) is 7.53. The normalized spacial score (nSPS) is 11.6. The topological polar surface area (TPSA) is 133 Å². The van der Waals surface area contributed by atoms with Gasteiger partial charge in [0.15, 0.2) is 16.7 Å². The smallest absolute Gasteiger partial charge is 0.259 e. The number of anilines is 2. The van der Waals surface area contributed by atoms with Gasteiger partial charge in [-0.3, -0.25) is 0 Å². The number of nitrogens with zero attached hydrogens (tertiary/aromatic N) is 3. The molecule has 2 aromatic heterocycles. The molecule has 36 heavy (non-hydrogen) atoms. The van der Waals surface area contributed by atoms with Gasteiger partial charge in [0.25, 0.3) is 5.89 Å². The lowest BCUT2D eigenvalue weighted by atomic mass is 10.1. The summed E-state index contributed by atoms with van der Waals surface area (Å²) >= 11 is 13.4. The molecular weight excluding hydrogens is 552 g/mol. The summed E-state index contributed by atoms with van der Waals surface area (Å²) < 4.78 is 49.3. The Hall–Kier alpha value is -2.93. The van der Waals surface area contributed by atoms with Crippen molar-refractivity contribution in [3.05, 3.63) is 63.3 Å². The first kappa shape index (κ1) is 26.1. The fourth-order valence-corrected chi connectivity index (χ4v) is 4.96. The SMILES string of the molecule is Cc1nc(NCCS(C)(=O)=O)sc1-c1nnc(Cc2ccc(Cl)c(Oc3cc(N)cc(Cl)c3)c2F)o1. The van der Waals surface area contributed by atoms with Gasteiger partial charge in [0.1, 0.15) is 20.5 Å². The monoisotopic (exact) mass is 571 g/mol. The van der Waals surface area contributed by atoms with Crippen LogP contribution >= 0.6 is 34.5 Å². The number of thiazole rings is 1. The van der Waals surface area contributed by atoms with Gasteiger partial charge in [0.2, 0.25) is 5.89 Å². The zero-order chi connectivity index (χ0) is 26.0. The van der Waals surface area contributed by atoms with Crippen molar-refractivity contribution >= 4 is 55.2 Å². The van der Waals surface area contributed by atoms with Crippen molar-refractivity contribution in [2.75, 3.05) is 29.6 Å². The summed E-state index contributed by atoms with van der Waals surface area (Å²) in [5.74, 6) is -0.264. The first-order valence-electron chi connectivity index (χ1n) is 10.4. The van der Waals surface area contributed by atoms with E-state index < -0.39 is 15.7 Å². The van der Waals surface area contributed by atoms with Crippen LogP contribution in [-0.2, 0) is 16.3 Å². The van der Waals surface area contributed by atoms with Crippen LogP contribution in [-0.4, -0.2) is 42.2 Å². The van der Waals surface area contributed by atoms with E-state index in [1.165, 1.54) is 47.9 Å². The number of rotatable bonds is 9. The zero-order valence-electron chi connectivity index (χ0n) is 19.0. The van der Waals surface area contributed by atoms with Crippen molar-refractivity contribution in [3.8, 4) is 22.3 Å². The molecule has 0 atom stereocenters. The highest BCUT2D eigenvalue weighted by Gasteiger charge is 2.20. The molecule has 9 nitrogen and oxygen atoms in total. The molecule has 0 fully saturated rings. The minimum absolute atomic E-state index is 0.0125. The zero-order valence-corrected chi connectivity index (χ0v) is 22.2. The van der Waals surface area contributed by atoms with E-state index >= 15 is 4.39 Å². The maximum Gasteiger partial charge on any atom is 0.259 e. The molecule has 0 bridgehead atoms. The number of hydrogen-bond acceptors (Lipinski definition) is 10. The second kappa shape index (κ2) is 10.6. The van der Waals surface area contributed by atoms with Crippen LogP contribution in [0, 0.1) is 12.7 Å². The molecule has 0 aliphatic carbocycles. The number of ether oxygens (including phenoxy) is 1. The van der Waals surface area contributed by atoms with Crippen LogP contribution in [0.25, 0.3) is 10.8 Å². The van der Waals surface area contributed by atoms with Crippen molar-refractivity contribution < 1.29 is 22.0 Å². The Labute approximate surface area is 220 Å². The Bertz CT molecular complexity index is 1500. The van der Waals surface area contributed by atoms with E-state index in [9.17, 15) is 8.42 Å². The highest BCUT2D eigenvalue weighted by atomic mass is 35.5. The molecule has 2 aromatic carbocycles. The van der Waals surface area contributed by atoms with E-state index in [4.69, 9.17) is 38.1 Å². The molecule has 0 saturated carbocycles. The molecular formula is C22H20Cl2FN5O4S2. The quantitative estimate of drug-likeness (QED) is 0.254. The first-order chi connectivity index (χ1) is 17.0. The molecule has 0 unspecified atom stereocenters. The third-order valence-electron chi connectivity index (χ3n) is 4.79. The number of halogens is 3. The summed E-state index contributed by atoms with van der Waals surface area (Å²) in [5, 5.41) is 12.0. The molecule has 0 aliphatic rings. The van der Waals surface area contributed by atoms with Crippen LogP contribution < -0.4 is 15.8 Å². The maximum absolute atomic E-state index is 15.3. The van der Waals surface area contributed by atoms with Crippen LogP contribution in [0.3, 0.4) is 0 Å². The van der Waals surface area contributed by atoms with Crippen LogP contribution in [0.15, 0.2) is 34.7 Å². The van der Waals surface area contributed by atoms with Crippen molar-refractivity contribution in [1.82, 2.24) is 15.2 Å². The Balaban J connectivity index is 1.51. The van der Waals surface area contributed by atoms with Crippen molar-refractivity contribution in [2.24, 2.45) is 0 Å². The standard InChI is InChI=1S/C22H20Cl2FN5O4S2/c1-11-20(35-22(28-11)27-5-6-36(2,31)32)21-30-29-17(34-21)7-12-3-4-16(24)19(18(12)25)33-15-9-13(23)8-14(26)10-15/h3-4,8-10H,5-7,26H2,1-2H3,(H,27,28). The molecule has 2 heterocycles. The Morgan fingerprint density at radius 1 is 1.22 bits per heavy atom. The largest absolute Gasteiger partial charge is 0.453 e. The van der Waals surface area contributed by atoms with Crippen molar-refractivity contribution in [1.29, 1.82) is 0 Å².